The van der Waals surface area contributed by atoms with E-state index in [1.807, 2.05) is 29.2 Å². The molecule has 2 saturated heterocycles. The number of amides is 1. The summed E-state index contributed by atoms with van der Waals surface area (Å²) in [6.07, 6.45) is 0.777. The van der Waals surface area contributed by atoms with Crippen LogP contribution < -0.4 is 10.5 Å². The number of piperazine rings is 1. The van der Waals surface area contributed by atoms with Crippen molar-refractivity contribution in [1.82, 2.24) is 24.7 Å². The van der Waals surface area contributed by atoms with Crippen molar-refractivity contribution in [3.05, 3.63) is 91.8 Å². The summed E-state index contributed by atoms with van der Waals surface area (Å²) in [5.74, 6) is 0.503. The normalized spacial score (nSPS) is 17.4. The first kappa shape index (κ1) is 26.7. The summed E-state index contributed by atoms with van der Waals surface area (Å²) in [5.41, 5.74) is 2.39. The van der Waals surface area contributed by atoms with E-state index >= 15 is 0 Å². The lowest BCUT2D eigenvalue weighted by atomic mass is 10.2. The molecule has 0 unspecified atom stereocenters. The molecule has 0 saturated carbocycles. The van der Waals surface area contributed by atoms with Crippen LogP contribution in [0, 0.1) is 0 Å². The molecule has 3 aromatic rings. The lowest BCUT2D eigenvalue weighted by Gasteiger charge is -2.34. The third-order valence-corrected chi connectivity index (χ3v) is 7.72. The Morgan fingerprint density at radius 3 is 2.29 bits per heavy atom. The average Bonchev–Trinajstić information content (AvgIpc) is 3.17. The largest absolute Gasteiger partial charge is 0.340 e. The highest BCUT2D eigenvalue weighted by Crippen LogP contribution is 2.19. The third kappa shape index (κ3) is 6.74. The van der Waals surface area contributed by atoms with Crippen LogP contribution in [0.3, 0.4) is 0 Å². The summed E-state index contributed by atoms with van der Waals surface area (Å²) in [6, 6.07) is 16.7. The van der Waals surface area contributed by atoms with Gasteiger partial charge >= 0.3 is 0 Å². The fourth-order valence-electron chi connectivity index (χ4n) is 5.04. The first-order chi connectivity index (χ1) is 18.4. The number of benzene rings is 2. The van der Waals surface area contributed by atoms with Crippen LogP contribution in [0.15, 0.2) is 59.4 Å². The number of halogens is 2. The molecule has 2 aromatic carbocycles. The van der Waals surface area contributed by atoms with Gasteiger partial charge in [0.05, 0.1) is 16.3 Å². The van der Waals surface area contributed by atoms with Gasteiger partial charge in [0.15, 0.2) is 0 Å². The lowest BCUT2D eigenvalue weighted by molar-refractivity contribution is 0.0767. The number of aromatic nitrogens is 2. The second kappa shape index (κ2) is 12.3. The standard InChI is InChI=1S/C28H32Cl2N6O2/c29-22-8-6-21(7-9-22)19-33-12-14-34(15-13-33)20-23-18-26(37)32-28(31-23)36-11-3-10-35(16-17-36)27(38)24-4-1-2-5-25(24)30/h1-2,4-9,18H,3,10-17,19-20H2,(H,31,32,37). The molecule has 10 heteroatoms. The first-order valence-corrected chi connectivity index (χ1v) is 13.8. The molecule has 1 aromatic heterocycles. The van der Waals surface area contributed by atoms with Crippen molar-refractivity contribution in [2.45, 2.75) is 19.5 Å². The molecule has 200 valence electrons. The van der Waals surface area contributed by atoms with Crippen molar-refractivity contribution in [3.8, 4) is 0 Å². The van der Waals surface area contributed by atoms with Gasteiger partial charge in [-0.05, 0) is 36.2 Å². The molecular formula is C28H32Cl2N6O2. The molecule has 0 bridgehead atoms. The Morgan fingerprint density at radius 2 is 1.55 bits per heavy atom. The SMILES string of the molecule is O=C(c1ccccc1Cl)N1CCCN(c2nc(CN3CCN(Cc4ccc(Cl)cc4)CC3)cc(=O)[nH]2)CC1. The van der Waals surface area contributed by atoms with Crippen molar-refractivity contribution in [2.24, 2.45) is 0 Å². The van der Waals surface area contributed by atoms with Crippen molar-refractivity contribution < 1.29 is 4.79 Å². The monoisotopic (exact) mass is 554 g/mol. The maximum atomic E-state index is 13.0. The van der Waals surface area contributed by atoms with E-state index in [9.17, 15) is 9.59 Å². The van der Waals surface area contributed by atoms with Crippen LogP contribution in [0.5, 0.6) is 0 Å². The minimum absolute atomic E-state index is 0.0668. The zero-order chi connectivity index (χ0) is 26.5. The average molecular weight is 556 g/mol. The Kier molecular flexibility index (Phi) is 8.64. The predicted molar refractivity (Wildman–Crippen MR) is 151 cm³/mol. The number of aromatic amines is 1. The Labute approximate surface area is 232 Å². The summed E-state index contributed by atoms with van der Waals surface area (Å²) in [7, 11) is 0. The molecule has 38 heavy (non-hydrogen) atoms. The number of rotatable bonds is 6. The number of carbonyl (C=O) groups is 1. The van der Waals surface area contributed by atoms with E-state index in [1.54, 1.807) is 18.2 Å². The molecule has 3 heterocycles. The molecule has 0 atom stereocenters. The Bertz CT molecular complexity index is 1310. The first-order valence-electron chi connectivity index (χ1n) is 13.0. The highest BCUT2D eigenvalue weighted by Gasteiger charge is 2.24. The van der Waals surface area contributed by atoms with Crippen LogP contribution in [-0.4, -0.2) is 82.9 Å². The highest BCUT2D eigenvalue weighted by atomic mass is 35.5. The van der Waals surface area contributed by atoms with Crippen LogP contribution in [0.4, 0.5) is 5.95 Å². The second-order valence-corrected chi connectivity index (χ2v) is 10.7. The molecule has 0 spiro atoms. The number of nitrogens with zero attached hydrogens (tertiary/aromatic N) is 5. The molecule has 8 nitrogen and oxygen atoms in total. The van der Waals surface area contributed by atoms with E-state index in [2.05, 4.69) is 31.8 Å². The highest BCUT2D eigenvalue weighted by molar-refractivity contribution is 6.33. The molecule has 0 aliphatic carbocycles. The van der Waals surface area contributed by atoms with Gasteiger partial charge < -0.3 is 9.80 Å². The molecule has 1 N–H and O–H groups in total. The van der Waals surface area contributed by atoms with E-state index in [0.29, 0.717) is 49.3 Å². The Hall–Kier alpha value is -2.91. The maximum Gasteiger partial charge on any atom is 0.255 e. The number of anilines is 1. The molecule has 2 aliphatic heterocycles. The number of hydrogen-bond donors (Lipinski definition) is 1. The van der Waals surface area contributed by atoms with Gasteiger partial charge in [-0.2, -0.15) is 0 Å². The van der Waals surface area contributed by atoms with E-state index in [0.717, 1.165) is 49.9 Å². The van der Waals surface area contributed by atoms with E-state index in [1.165, 1.54) is 5.56 Å². The van der Waals surface area contributed by atoms with Crippen LogP contribution >= 0.6 is 23.2 Å². The van der Waals surface area contributed by atoms with Gasteiger partial charge in [0.1, 0.15) is 0 Å². The smallest absolute Gasteiger partial charge is 0.255 e. The second-order valence-electron chi connectivity index (χ2n) is 9.85. The lowest BCUT2D eigenvalue weighted by Crippen LogP contribution is -2.45. The van der Waals surface area contributed by atoms with Gasteiger partial charge in [-0.25, -0.2) is 4.98 Å². The van der Waals surface area contributed by atoms with Gasteiger partial charge in [0, 0.05) is 76.5 Å². The molecule has 1 amide bonds. The summed E-state index contributed by atoms with van der Waals surface area (Å²) in [5, 5.41) is 1.22. The van der Waals surface area contributed by atoms with Crippen LogP contribution in [0.2, 0.25) is 10.0 Å². The third-order valence-electron chi connectivity index (χ3n) is 7.14. The van der Waals surface area contributed by atoms with Gasteiger partial charge in [0.25, 0.3) is 11.5 Å². The molecule has 2 aliphatic rings. The minimum atomic E-state index is -0.153. The van der Waals surface area contributed by atoms with Gasteiger partial charge in [-0.1, -0.05) is 47.5 Å². The predicted octanol–water partition coefficient (Wildman–Crippen LogP) is 3.75. The van der Waals surface area contributed by atoms with E-state index in [4.69, 9.17) is 28.2 Å². The summed E-state index contributed by atoms with van der Waals surface area (Å²) in [4.78, 5) is 41.9. The fourth-order valence-corrected chi connectivity index (χ4v) is 5.39. The van der Waals surface area contributed by atoms with Gasteiger partial charge in [-0.15, -0.1) is 0 Å². The summed E-state index contributed by atoms with van der Waals surface area (Å²) >= 11 is 12.3. The van der Waals surface area contributed by atoms with Gasteiger partial charge in [0.2, 0.25) is 5.95 Å². The van der Waals surface area contributed by atoms with Crippen molar-refractivity contribution in [2.75, 3.05) is 57.3 Å². The van der Waals surface area contributed by atoms with Gasteiger partial charge in [-0.3, -0.25) is 24.4 Å². The van der Waals surface area contributed by atoms with E-state index < -0.39 is 0 Å². The zero-order valence-corrected chi connectivity index (χ0v) is 22.8. The number of H-pyrrole nitrogens is 1. The Morgan fingerprint density at radius 1 is 0.842 bits per heavy atom. The van der Waals surface area contributed by atoms with Crippen LogP contribution in [-0.2, 0) is 13.1 Å². The van der Waals surface area contributed by atoms with Crippen molar-refractivity contribution in [3.63, 3.8) is 0 Å². The summed E-state index contributed by atoms with van der Waals surface area (Å²) < 4.78 is 0. The molecule has 0 radical (unpaired) electrons. The fraction of sp³-hybridized carbons (Fsp3) is 0.393. The number of nitrogens with one attached hydrogen (secondary N) is 1. The minimum Gasteiger partial charge on any atom is -0.340 e. The topological polar surface area (TPSA) is 75.8 Å². The summed E-state index contributed by atoms with van der Waals surface area (Å²) in [6.45, 7) is 7.76. The number of hydrogen-bond acceptors (Lipinski definition) is 6. The van der Waals surface area contributed by atoms with Crippen LogP contribution in [0.1, 0.15) is 28.0 Å². The quantitative estimate of drug-likeness (QED) is 0.500. The maximum absolute atomic E-state index is 13.0. The van der Waals surface area contributed by atoms with E-state index in [-0.39, 0.29) is 11.5 Å². The van der Waals surface area contributed by atoms with Crippen molar-refractivity contribution in [1.29, 1.82) is 0 Å². The van der Waals surface area contributed by atoms with Crippen LogP contribution in [0.25, 0.3) is 0 Å². The van der Waals surface area contributed by atoms with Crippen molar-refractivity contribution >= 4 is 35.1 Å². The molecule has 5 rings (SSSR count). The molecular weight excluding hydrogens is 523 g/mol. The zero-order valence-electron chi connectivity index (χ0n) is 21.3. The Balaban J connectivity index is 1.17. The number of carbonyl (C=O) groups excluding carboxylic acids is 1. The molecule has 2 fully saturated rings.